The number of rotatable bonds is 1. The maximum Gasteiger partial charge on any atom is 0.201 e. The van der Waals surface area contributed by atoms with Gasteiger partial charge >= 0.3 is 0 Å². The van der Waals surface area contributed by atoms with E-state index >= 15 is 0 Å². The molecule has 1 aliphatic carbocycles. The highest BCUT2D eigenvalue weighted by Crippen LogP contribution is 2.43. The van der Waals surface area contributed by atoms with Crippen molar-refractivity contribution in [2.45, 2.75) is 38.9 Å². The van der Waals surface area contributed by atoms with Gasteiger partial charge in [-0.1, -0.05) is 25.8 Å². The molecule has 3 nitrogen and oxygen atoms in total. The highest BCUT2D eigenvalue weighted by molar-refractivity contribution is 5.05. The van der Waals surface area contributed by atoms with Gasteiger partial charge in [0, 0.05) is 11.6 Å². The fraction of sp³-hybridized carbons (Fsp3) is 0.667. The summed E-state index contributed by atoms with van der Waals surface area (Å²) in [6.07, 6.45) is 6.66. The van der Waals surface area contributed by atoms with Gasteiger partial charge in [-0.05, 0) is 30.9 Å². The van der Waals surface area contributed by atoms with Crippen LogP contribution in [0.5, 0.6) is 0 Å². The van der Waals surface area contributed by atoms with Crippen molar-refractivity contribution in [3.8, 4) is 0 Å². The lowest BCUT2D eigenvalue weighted by Gasteiger charge is -2.44. The fourth-order valence-corrected chi connectivity index (χ4v) is 3.31. The van der Waals surface area contributed by atoms with E-state index in [1.54, 1.807) is 6.20 Å². The van der Waals surface area contributed by atoms with Crippen molar-refractivity contribution >= 4 is 0 Å². The number of aromatic nitrogens is 1. The molecule has 1 aromatic rings. The van der Waals surface area contributed by atoms with Crippen LogP contribution in [0.1, 0.15) is 44.6 Å². The topological polar surface area (TPSA) is 31.4 Å². The molecule has 1 aromatic heterocycles. The Morgan fingerprint density at radius 1 is 1.28 bits per heavy atom. The predicted molar refractivity (Wildman–Crippen MR) is 68.9 cm³/mol. The lowest BCUT2D eigenvalue weighted by Crippen LogP contribution is -2.42. The molecule has 1 saturated heterocycles. The largest absolute Gasteiger partial charge is 0.346 e. The molecule has 1 atom stereocenters. The Hall–Kier alpha value is -0.930. The van der Waals surface area contributed by atoms with E-state index in [1.807, 2.05) is 18.2 Å². The molecule has 3 rings (SSSR count). The first-order valence-corrected chi connectivity index (χ1v) is 6.92. The zero-order valence-electron chi connectivity index (χ0n) is 11.0. The summed E-state index contributed by atoms with van der Waals surface area (Å²) >= 11 is 0. The van der Waals surface area contributed by atoms with Crippen molar-refractivity contribution in [1.29, 1.82) is 0 Å². The van der Waals surface area contributed by atoms with Gasteiger partial charge in [-0.25, -0.2) is 0 Å². The van der Waals surface area contributed by atoms with Crippen LogP contribution < -0.4 is 0 Å². The summed E-state index contributed by atoms with van der Waals surface area (Å²) in [7, 11) is 0. The lowest BCUT2D eigenvalue weighted by atomic mass is 9.71. The maximum absolute atomic E-state index is 5.92. The second-order valence-electron chi connectivity index (χ2n) is 5.91. The molecule has 2 aliphatic rings. The summed E-state index contributed by atoms with van der Waals surface area (Å²) in [5.74, 6) is 0.803. The standard InChI is InChI=1S/C15H21NO2/c1-12-5-4-7-15(9-12)10-17-14(18-11-15)13-6-2-3-8-16-13/h2-3,6,8,12,14H,4-5,7,9-11H2,1H3/t12-,14?,15?/m1/s1. The van der Waals surface area contributed by atoms with Gasteiger partial charge in [0.1, 0.15) is 0 Å². The first-order chi connectivity index (χ1) is 8.77. The third-order valence-corrected chi connectivity index (χ3v) is 4.20. The minimum atomic E-state index is -0.269. The van der Waals surface area contributed by atoms with Crippen LogP contribution in [0.3, 0.4) is 0 Å². The van der Waals surface area contributed by atoms with Gasteiger partial charge in [0.2, 0.25) is 6.29 Å². The van der Waals surface area contributed by atoms with Crippen LogP contribution in [-0.4, -0.2) is 18.2 Å². The van der Waals surface area contributed by atoms with E-state index in [-0.39, 0.29) is 11.7 Å². The Balaban J connectivity index is 1.64. The molecule has 1 aliphatic heterocycles. The Bertz CT molecular complexity index is 385. The summed E-state index contributed by atoms with van der Waals surface area (Å²) in [6.45, 7) is 3.98. The molecule has 98 valence electrons. The number of hydrogen-bond acceptors (Lipinski definition) is 3. The smallest absolute Gasteiger partial charge is 0.201 e. The summed E-state index contributed by atoms with van der Waals surface area (Å²) < 4.78 is 11.8. The zero-order valence-corrected chi connectivity index (χ0v) is 11.0. The summed E-state index contributed by atoms with van der Waals surface area (Å²) in [5, 5.41) is 0. The van der Waals surface area contributed by atoms with E-state index in [9.17, 15) is 0 Å². The first-order valence-electron chi connectivity index (χ1n) is 6.92. The van der Waals surface area contributed by atoms with Crippen LogP contribution in [0.15, 0.2) is 24.4 Å². The third-order valence-electron chi connectivity index (χ3n) is 4.20. The van der Waals surface area contributed by atoms with Crippen molar-refractivity contribution in [3.63, 3.8) is 0 Å². The van der Waals surface area contributed by atoms with Crippen molar-refractivity contribution in [3.05, 3.63) is 30.1 Å². The molecule has 0 bridgehead atoms. The molecule has 0 amide bonds. The molecular formula is C15H21NO2. The summed E-state index contributed by atoms with van der Waals surface area (Å²) in [6, 6.07) is 5.85. The van der Waals surface area contributed by atoms with Gasteiger partial charge in [0.25, 0.3) is 0 Å². The molecule has 2 fully saturated rings. The first kappa shape index (κ1) is 12.1. The summed E-state index contributed by atoms with van der Waals surface area (Å²) in [5.41, 5.74) is 1.15. The van der Waals surface area contributed by atoms with Gasteiger partial charge in [-0.15, -0.1) is 0 Å². The van der Waals surface area contributed by atoms with Gasteiger partial charge in [0.05, 0.1) is 18.9 Å². The van der Waals surface area contributed by atoms with Crippen LogP contribution in [0, 0.1) is 11.3 Å². The highest BCUT2D eigenvalue weighted by Gasteiger charge is 2.40. The van der Waals surface area contributed by atoms with Crippen molar-refractivity contribution in [1.82, 2.24) is 4.98 Å². The molecule has 2 heterocycles. The Kier molecular flexibility index (Phi) is 3.35. The monoisotopic (exact) mass is 247 g/mol. The van der Waals surface area contributed by atoms with Crippen LogP contribution in [0.4, 0.5) is 0 Å². The van der Waals surface area contributed by atoms with Gasteiger partial charge in [0.15, 0.2) is 0 Å². The summed E-state index contributed by atoms with van der Waals surface area (Å²) in [4.78, 5) is 4.30. The van der Waals surface area contributed by atoms with E-state index < -0.39 is 0 Å². The second kappa shape index (κ2) is 4.98. The van der Waals surface area contributed by atoms with Crippen LogP contribution in [-0.2, 0) is 9.47 Å². The van der Waals surface area contributed by atoms with E-state index in [4.69, 9.17) is 9.47 Å². The van der Waals surface area contributed by atoms with Crippen molar-refractivity contribution in [2.75, 3.05) is 13.2 Å². The molecule has 0 N–H and O–H groups in total. The number of ether oxygens (including phenoxy) is 2. The number of hydrogen-bond donors (Lipinski definition) is 0. The van der Waals surface area contributed by atoms with Gasteiger partial charge in [-0.3, -0.25) is 4.98 Å². The average Bonchev–Trinajstić information content (AvgIpc) is 2.40. The minimum absolute atomic E-state index is 0.267. The Labute approximate surface area is 109 Å². The van der Waals surface area contributed by atoms with Gasteiger partial charge in [-0.2, -0.15) is 0 Å². The van der Waals surface area contributed by atoms with E-state index in [0.29, 0.717) is 0 Å². The average molecular weight is 247 g/mol. The van der Waals surface area contributed by atoms with E-state index in [2.05, 4.69) is 11.9 Å². The molecule has 18 heavy (non-hydrogen) atoms. The SMILES string of the molecule is C[C@@H]1CCCC2(COC(c3ccccn3)OC2)C1. The maximum atomic E-state index is 5.92. The van der Waals surface area contributed by atoms with E-state index in [1.165, 1.54) is 25.7 Å². The van der Waals surface area contributed by atoms with E-state index in [0.717, 1.165) is 24.8 Å². The molecular weight excluding hydrogens is 226 g/mol. The third kappa shape index (κ3) is 2.43. The quantitative estimate of drug-likeness (QED) is 0.763. The van der Waals surface area contributed by atoms with Crippen LogP contribution >= 0.6 is 0 Å². The second-order valence-corrected chi connectivity index (χ2v) is 5.91. The molecule has 1 saturated carbocycles. The molecule has 0 aromatic carbocycles. The lowest BCUT2D eigenvalue weighted by molar-refractivity contribution is -0.244. The minimum Gasteiger partial charge on any atom is -0.346 e. The molecule has 3 heteroatoms. The van der Waals surface area contributed by atoms with Crippen LogP contribution in [0.25, 0.3) is 0 Å². The molecule has 0 radical (unpaired) electrons. The Morgan fingerprint density at radius 3 is 2.78 bits per heavy atom. The molecule has 0 unspecified atom stereocenters. The predicted octanol–water partition coefficient (Wildman–Crippen LogP) is 3.32. The Morgan fingerprint density at radius 2 is 2.11 bits per heavy atom. The van der Waals surface area contributed by atoms with Crippen molar-refractivity contribution < 1.29 is 9.47 Å². The van der Waals surface area contributed by atoms with Crippen LogP contribution in [0.2, 0.25) is 0 Å². The normalized spacial score (nSPS) is 36.7. The van der Waals surface area contributed by atoms with Gasteiger partial charge < -0.3 is 9.47 Å². The number of pyridine rings is 1. The van der Waals surface area contributed by atoms with Crippen molar-refractivity contribution in [2.24, 2.45) is 11.3 Å². The number of nitrogens with zero attached hydrogens (tertiary/aromatic N) is 1. The highest BCUT2D eigenvalue weighted by atomic mass is 16.7. The fourth-order valence-electron chi connectivity index (χ4n) is 3.31. The molecule has 1 spiro atoms. The zero-order chi connectivity index (χ0) is 12.4.